The van der Waals surface area contributed by atoms with Crippen molar-refractivity contribution in [2.75, 3.05) is 25.6 Å². The maximum atomic E-state index is 12.8. The molecule has 0 aliphatic heterocycles. The smallest absolute Gasteiger partial charge is 0.416 e. The van der Waals surface area contributed by atoms with Gasteiger partial charge in [-0.25, -0.2) is 4.79 Å². The number of esters is 1. The van der Waals surface area contributed by atoms with Gasteiger partial charge in [-0.2, -0.15) is 13.2 Å². The van der Waals surface area contributed by atoms with Crippen molar-refractivity contribution < 1.29 is 41.8 Å². The van der Waals surface area contributed by atoms with E-state index in [4.69, 9.17) is 14.2 Å². The van der Waals surface area contributed by atoms with Gasteiger partial charge in [0.2, 0.25) is 0 Å². The Morgan fingerprint density at radius 1 is 0.829 bits per heavy atom. The molecule has 0 radical (unpaired) electrons. The van der Waals surface area contributed by atoms with Crippen LogP contribution in [0, 0.1) is 0 Å². The zero-order valence-electron chi connectivity index (χ0n) is 18.4. The van der Waals surface area contributed by atoms with Crippen LogP contribution in [0.1, 0.15) is 26.3 Å². The topological polar surface area (TPSA) is 90.9 Å². The fraction of sp³-hybridized carbons (Fsp3) is 0.160. The van der Waals surface area contributed by atoms with E-state index < -0.39 is 36.0 Å². The summed E-state index contributed by atoms with van der Waals surface area (Å²) >= 11 is 0. The first kappa shape index (κ1) is 25.3. The van der Waals surface area contributed by atoms with Gasteiger partial charge in [0.25, 0.3) is 5.91 Å². The fourth-order valence-electron chi connectivity index (χ4n) is 2.90. The number of anilines is 1. The first-order valence-electron chi connectivity index (χ1n) is 10.2. The number of Topliss-reactive ketones (excluding diaryl/α,β-unsaturated/α-hetero) is 1. The molecular weight excluding hydrogens is 467 g/mol. The van der Waals surface area contributed by atoms with Gasteiger partial charge in [0.15, 0.2) is 19.0 Å². The highest BCUT2D eigenvalue weighted by Crippen LogP contribution is 2.29. The number of ether oxygens (including phenoxy) is 3. The van der Waals surface area contributed by atoms with Crippen LogP contribution in [0.25, 0.3) is 0 Å². The number of alkyl halides is 3. The first-order valence-corrected chi connectivity index (χ1v) is 10.2. The average Bonchev–Trinajstić information content (AvgIpc) is 2.85. The van der Waals surface area contributed by atoms with Crippen molar-refractivity contribution in [3.63, 3.8) is 0 Å². The van der Waals surface area contributed by atoms with Crippen molar-refractivity contribution in [3.8, 4) is 11.5 Å². The molecule has 0 heterocycles. The summed E-state index contributed by atoms with van der Waals surface area (Å²) in [6.07, 6.45) is -4.59. The standard InChI is InChI=1S/C25H20F3NO6/c1-33-21-7-3-6-19(13-21)29-23(31)15-34-20-10-8-16(9-11-20)24(32)35-14-22(30)17-4-2-5-18(12-17)25(26,27)28/h2-13H,14-15H2,1H3,(H,29,31). The third kappa shape index (κ3) is 7.32. The van der Waals surface area contributed by atoms with Crippen LogP contribution >= 0.6 is 0 Å². The predicted molar refractivity (Wildman–Crippen MR) is 120 cm³/mol. The van der Waals surface area contributed by atoms with Crippen LogP contribution in [-0.4, -0.2) is 38.0 Å². The number of ketones is 1. The van der Waals surface area contributed by atoms with Crippen LogP contribution in [-0.2, 0) is 15.7 Å². The highest BCUT2D eigenvalue weighted by molar-refractivity contribution is 5.99. The quantitative estimate of drug-likeness (QED) is 0.345. The van der Waals surface area contributed by atoms with E-state index in [1.165, 1.54) is 37.4 Å². The Morgan fingerprint density at radius 2 is 1.54 bits per heavy atom. The number of methoxy groups -OCH3 is 1. The second kappa shape index (κ2) is 11.2. The number of halogens is 3. The number of rotatable bonds is 9. The molecule has 1 N–H and O–H groups in total. The van der Waals surface area contributed by atoms with E-state index in [0.29, 0.717) is 23.3 Å². The summed E-state index contributed by atoms with van der Waals surface area (Å²) in [7, 11) is 1.51. The first-order chi connectivity index (χ1) is 16.7. The molecule has 7 nitrogen and oxygen atoms in total. The van der Waals surface area contributed by atoms with Crippen molar-refractivity contribution >= 4 is 23.3 Å². The van der Waals surface area contributed by atoms with E-state index in [2.05, 4.69) is 5.32 Å². The molecule has 0 atom stereocenters. The van der Waals surface area contributed by atoms with Crippen LogP contribution in [0.3, 0.4) is 0 Å². The van der Waals surface area contributed by atoms with Crippen LogP contribution in [0.15, 0.2) is 72.8 Å². The van der Waals surface area contributed by atoms with Crippen LogP contribution in [0.5, 0.6) is 11.5 Å². The molecular formula is C25H20F3NO6. The number of benzene rings is 3. The van der Waals surface area contributed by atoms with E-state index in [9.17, 15) is 27.6 Å². The minimum absolute atomic E-state index is 0.0926. The van der Waals surface area contributed by atoms with Crippen molar-refractivity contribution in [3.05, 3.63) is 89.5 Å². The van der Waals surface area contributed by atoms with Crippen molar-refractivity contribution in [1.82, 2.24) is 0 Å². The predicted octanol–water partition coefficient (Wildman–Crippen LogP) is 4.77. The lowest BCUT2D eigenvalue weighted by Crippen LogP contribution is -2.20. The van der Waals surface area contributed by atoms with E-state index >= 15 is 0 Å². The van der Waals surface area contributed by atoms with Gasteiger partial charge in [-0.15, -0.1) is 0 Å². The Balaban J connectivity index is 1.49. The monoisotopic (exact) mass is 487 g/mol. The molecule has 3 rings (SSSR count). The summed E-state index contributed by atoms with van der Waals surface area (Å²) in [5.74, 6) is -1.13. The largest absolute Gasteiger partial charge is 0.497 e. The van der Waals surface area contributed by atoms with Crippen molar-refractivity contribution in [2.45, 2.75) is 6.18 Å². The van der Waals surface area contributed by atoms with E-state index in [0.717, 1.165) is 12.1 Å². The lowest BCUT2D eigenvalue weighted by Gasteiger charge is -2.10. The highest BCUT2D eigenvalue weighted by Gasteiger charge is 2.31. The third-order valence-electron chi connectivity index (χ3n) is 4.66. The molecule has 3 aromatic carbocycles. The molecule has 0 fully saturated rings. The lowest BCUT2D eigenvalue weighted by molar-refractivity contribution is -0.137. The third-order valence-corrected chi connectivity index (χ3v) is 4.66. The highest BCUT2D eigenvalue weighted by atomic mass is 19.4. The second-order valence-corrected chi connectivity index (χ2v) is 7.17. The molecule has 1 amide bonds. The summed E-state index contributed by atoms with van der Waals surface area (Å²) in [5, 5.41) is 2.66. The number of hydrogen-bond donors (Lipinski definition) is 1. The molecule has 182 valence electrons. The summed E-state index contributed by atoms with van der Waals surface area (Å²) in [6.45, 7) is -1.00. The van der Waals surface area contributed by atoms with Crippen molar-refractivity contribution in [2.24, 2.45) is 0 Å². The number of hydrogen-bond acceptors (Lipinski definition) is 6. The van der Waals surface area contributed by atoms with Gasteiger partial charge in [-0.05, 0) is 48.5 Å². The van der Waals surface area contributed by atoms with E-state index in [1.54, 1.807) is 24.3 Å². The molecule has 10 heteroatoms. The van der Waals surface area contributed by atoms with E-state index in [1.807, 2.05) is 0 Å². The number of amides is 1. The molecule has 0 spiro atoms. The Labute approximate surface area is 198 Å². The Hall–Kier alpha value is -4.34. The Bertz CT molecular complexity index is 1210. The molecule has 0 unspecified atom stereocenters. The summed E-state index contributed by atoms with van der Waals surface area (Å²) in [4.78, 5) is 36.3. The number of nitrogens with one attached hydrogen (secondary N) is 1. The van der Waals surface area contributed by atoms with Gasteiger partial charge >= 0.3 is 12.1 Å². The van der Waals surface area contributed by atoms with Crippen molar-refractivity contribution in [1.29, 1.82) is 0 Å². The Kier molecular flexibility index (Phi) is 8.08. The minimum Gasteiger partial charge on any atom is -0.497 e. The molecule has 0 aromatic heterocycles. The molecule has 3 aromatic rings. The molecule has 35 heavy (non-hydrogen) atoms. The zero-order valence-corrected chi connectivity index (χ0v) is 18.4. The number of carbonyl (C=O) groups is 3. The Morgan fingerprint density at radius 3 is 2.23 bits per heavy atom. The van der Waals surface area contributed by atoms with Gasteiger partial charge in [0, 0.05) is 17.3 Å². The summed E-state index contributed by atoms with van der Waals surface area (Å²) < 4.78 is 53.8. The lowest BCUT2D eigenvalue weighted by atomic mass is 10.1. The van der Waals surface area contributed by atoms with Crippen LogP contribution < -0.4 is 14.8 Å². The van der Waals surface area contributed by atoms with Gasteiger partial charge in [0.05, 0.1) is 18.2 Å². The van der Waals surface area contributed by atoms with Gasteiger partial charge in [-0.1, -0.05) is 18.2 Å². The molecule has 0 aliphatic rings. The fourth-order valence-corrected chi connectivity index (χ4v) is 2.90. The second-order valence-electron chi connectivity index (χ2n) is 7.17. The maximum Gasteiger partial charge on any atom is 0.416 e. The van der Waals surface area contributed by atoms with Crippen LogP contribution in [0.4, 0.5) is 18.9 Å². The van der Waals surface area contributed by atoms with E-state index in [-0.39, 0.29) is 17.7 Å². The van der Waals surface area contributed by atoms with Gasteiger partial charge in [-0.3, -0.25) is 9.59 Å². The summed E-state index contributed by atoms with van der Waals surface area (Å²) in [5.41, 5.74) is -0.559. The maximum absolute atomic E-state index is 12.8. The average molecular weight is 487 g/mol. The van der Waals surface area contributed by atoms with Gasteiger partial charge in [0.1, 0.15) is 11.5 Å². The number of carbonyl (C=O) groups excluding carboxylic acids is 3. The zero-order chi connectivity index (χ0) is 25.4. The van der Waals surface area contributed by atoms with Gasteiger partial charge < -0.3 is 19.5 Å². The molecule has 0 bridgehead atoms. The summed E-state index contributed by atoms with van der Waals surface area (Å²) in [6, 6.07) is 16.3. The minimum atomic E-state index is -4.59. The van der Waals surface area contributed by atoms with Crippen LogP contribution in [0.2, 0.25) is 0 Å². The molecule has 0 saturated carbocycles. The normalized spacial score (nSPS) is 10.9. The molecule has 0 aliphatic carbocycles. The molecule has 0 saturated heterocycles. The SMILES string of the molecule is COc1cccc(NC(=O)COc2ccc(C(=O)OCC(=O)c3cccc(C(F)(F)F)c3)cc2)c1.